The minimum Gasteiger partial charge on any atom is -0.480 e. The SMILES string of the molecule is CCOCCN(C)C(=O)N[C@@H](CC(C)C)C(=O)O. The van der Waals surface area contributed by atoms with Gasteiger partial charge < -0.3 is 20.1 Å². The Labute approximate surface area is 108 Å². The third kappa shape index (κ3) is 7.11. The van der Waals surface area contributed by atoms with Gasteiger partial charge in [0.25, 0.3) is 0 Å². The average molecular weight is 260 g/mol. The predicted octanol–water partition coefficient (Wildman–Crippen LogP) is 1.16. The monoisotopic (exact) mass is 260 g/mol. The van der Waals surface area contributed by atoms with Crippen molar-refractivity contribution in [1.29, 1.82) is 0 Å². The highest BCUT2D eigenvalue weighted by Gasteiger charge is 2.22. The third-order valence-electron chi connectivity index (χ3n) is 2.42. The van der Waals surface area contributed by atoms with Gasteiger partial charge in [-0.05, 0) is 19.3 Å². The van der Waals surface area contributed by atoms with Gasteiger partial charge in [0.1, 0.15) is 6.04 Å². The Hall–Kier alpha value is -1.30. The molecule has 0 unspecified atom stereocenters. The van der Waals surface area contributed by atoms with Crippen molar-refractivity contribution in [3.8, 4) is 0 Å². The Morgan fingerprint density at radius 3 is 2.44 bits per heavy atom. The Balaban J connectivity index is 4.19. The topological polar surface area (TPSA) is 78.9 Å². The van der Waals surface area contributed by atoms with Crippen LogP contribution in [-0.4, -0.2) is 54.9 Å². The lowest BCUT2D eigenvalue weighted by atomic mass is 10.0. The Morgan fingerprint density at radius 2 is 2.00 bits per heavy atom. The van der Waals surface area contributed by atoms with E-state index in [1.54, 1.807) is 7.05 Å². The maximum atomic E-state index is 11.7. The van der Waals surface area contributed by atoms with Crippen molar-refractivity contribution in [1.82, 2.24) is 10.2 Å². The fraction of sp³-hybridized carbons (Fsp3) is 0.833. The van der Waals surface area contributed by atoms with Crippen LogP contribution in [0.15, 0.2) is 0 Å². The van der Waals surface area contributed by atoms with Crippen molar-refractivity contribution in [2.45, 2.75) is 33.2 Å². The number of carbonyl (C=O) groups excluding carboxylic acids is 1. The molecule has 0 aliphatic carbocycles. The summed E-state index contributed by atoms with van der Waals surface area (Å²) in [7, 11) is 1.61. The van der Waals surface area contributed by atoms with Crippen LogP contribution in [-0.2, 0) is 9.53 Å². The lowest BCUT2D eigenvalue weighted by Gasteiger charge is -2.22. The molecule has 0 aliphatic rings. The molecule has 0 aliphatic heterocycles. The number of ether oxygens (including phenoxy) is 1. The summed E-state index contributed by atoms with van der Waals surface area (Å²) in [5, 5.41) is 11.5. The zero-order valence-electron chi connectivity index (χ0n) is 11.6. The third-order valence-corrected chi connectivity index (χ3v) is 2.42. The largest absolute Gasteiger partial charge is 0.480 e. The van der Waals surface area contributed by atoms with E-state index in [-0.39, 0.29) is 11.9 Å². The van der Waals surface area contributed by atoms with E-state index in [4.69, 9.17) is 9.84 Å². The molecule has 0 fully saturated rings. The number of carboxylic acids is 1. The molecule has 0 radical (unpaired) electrons. The van der Waals surface area contributed by atoms with Gasteiger partial charge in [-0.3, -0.25) is 0 Å². The molecule has 0 spiro atoms. The van der Waals surface area contributed by atoms with Gasteiger partial charge >= 0.3 is 12.0 Å². The highest BCUT2D eigenvalue weighted by molar-refractivity contribution is 5.82. The second-order valence-electron chi connectivity index (χ2n) is 4.59. The van der Waals surface area contributed by atoms with Crippen LogP contribution >= 0.6 is 0 Å². The number of hydrogen-bond acceptors (Lipinski definition) is 3. The summed E-state index contributed by atoms with van der Waals surface area (Å²) >= 11 is 0. The van der Waals surface area contributed by atoms with E-state index in [0.29, 0.717) is 26.2 Å². The molecular weight excluding hydrogens is 236 g/mol. The summed E-state index contributed by atoms with van der Waals surface area (Å²) in [5.41, 5.74) is 0. The normalized spacial score (nSPS) is 12.3. The van der Waals surface area contributed by atoms with Crippen molar-refractivity contribution < 1.29 is 19.4 Å². The van der Waals surface area contributed by atoms with Crippen LogP contribution in [0.5, 0.6) is 0 Å². The molecule has 6 heteroatoms. The van der Waals surface area contributed by atoms with E-state index in [2.05, 4.69) is 5.32 Å². The van der Waals surface area contributed by atoms with E-state index in [9.17, 15) is 9.59 Å². The Bertz CT molecular complexity index is 269. The first-order valence-corrected chi connectivity index (χ1v) is 6.20. The van der Waals surface area contributed by atoms with E-state index >= 15 is 0 Å². The summed E-state index contributed by atoms with van der Waals surface area (Å²) in [5.74, 6) is -0.796. The molecular formula is C12H24N2O4. The highest BCUT2D eigenvalue weighted by Crippen LogP contribution is 2.05. The Morgan fingerprint density at radius 1 is 1.39 bits per heavy atom. The van der Waals surface area contributed by atoms with E-state index in [1.807, 2.05) is 20.8 Å². The lowest BCUT2D eigenvalue weighted by molar-refractivity contribution is -0.139. The van der Waals surface area contributed by atoms with Gasteiger partial charge in [0, 0.05) is 20.2 Å². The zero-order chi connectivity index (χ0) is 14.1. The minimum absolute atomic E-state index is 0.208. The fourth-order valence-electron chi connectivity index (χ4n) is 1.40. The summed E-state index contributed by atoms with van der Waals surface area (Å²) in [6.45, 7) is 7.20. The van der Waals surface area contributed by atoms with Crippen LogP contribution < -0.4 is 5.32 Å². The van der Waals surface area contributed by atoms with Gasteiger partial charge in [-0.1, -0.05) is 13.8 Å². The number of nitrogens with one attached hydrogen (secondary N) is 1. The quantitative estimate of drug-likeness (QED) is 0.642. The van der Waals surface area contributed by atoms with Gasteiger partial charge in [0.05, 0.1) is 6.61 Å². The average Bonchev–Trinajstić information content (AvgIpc) is 2.27. The maximum absolute atomic E-state index is 11.7. The van der Waals surface area contributed by atoms with Gasteiger partial charge in [-0.2, -0.15) is 0 Å². The molecule has 0 aromatic heterocycles. The standard InChI is InChI=1S/C12H24N2O4/c1-5-18-7-6-14(4)12(17)13-10(11(15)16)8-9(2)3/h9-10H,5-8H2,1-4H3,(H,13,17)(H,15,16)/t10-/m0/s1. The summed E-state index contributed by atoms with van der Waals surface area (Å²) in [6, 6.07) is -1.23. The van der Waals surface area contributed by atoms with Crippen LogP contribution in [0.4, 0.5) is 4.79 Å². The van der Waals surface area contributed by atoms with E-state index in [0.717, 1.165) is 0 Å². The van der Waals surface area contributed by atoms with Crippen LogP contribution in [0.1, 0.15) is 27.2 Å². The van der Waals surface area contributed by atoms with Crippen LogP contribution in [0.25, 0.3) is 0 Å². The highest BCUT2D eigenvalue weighted by atomic mass is 16.5. The predicted molar refractivity (Wildman–Crippen MR) is 68.5 cm³/mol. The lowest BCUT2D eigenvalue weighted by Crippen LogP contribution is -2.47. The van der Waals surface area contributed by atoms with Crippen molar-refractivity contribution in [3.63, 3.8) is 0 Å². The maximum Gasteiger partial charge on any atom is 0.326 e. The minimum atomic E-state index is -1.00. The first-order valence-electron chi connectivity index (χ1n) is 6.20. The number of carbonyl (C=O) groups is 2. The number of aliphatic carboxylic acids is 1. The second kappa shape index (κ2) is 8.74. The van der Waals surface area contributed by atoms with E-state index < -0.39 is 12.0 Å². The molecule has 0 aromatic rings. The first kappa shape index (κ1) is 16.7. The number of nitrogens with zero attached hydrogens (tertiary/aromatic N) is 1. The molecule has 1 atom stereocenters. The Kier molecular flexibility index (Phi) is 8.11. The molecule has 2 amide bonds. The fourth-order valence-corrected chi connectivity index (χ4v) is 1.40. The van der Waals surface area contributed by atoms with Crippen LogP contribution in [0.3, 0.4) is 0 Å². The van der Waals surface area contributed by atoms with Crippen molar-refractivity contribution in [3.05, 3.63) is 0 Å². The summed E-state index contributed by atoms with van der Waals surface area (Å²) < 4.78 is 5.13. The molecule has 0 saturated carbocycles. The molecule has 0 bridgehead atoms. The number of amides is 2. The number of carboxylic acid groups (broad SMARTS) is 1. The molecule has 0 saturated heterocycles. The first-order chi connectivity index (χ1) is 8.38. The second-order valence-corrected chi connectivity index (χ2v) is 4.59. The number of likely N-dealkylation sites (N-methyl/N-ethyl adjacent to an activating group) is 1. The van der Waals surface area contributed by atoms with Gasteiger partial charge in [0.15, 0.2) is 0 Å². The number of rotatable bonds is 8. The zero-order valence-corrected chi connectivity index (χ0v) is 11.6. The molecule has 0 rings (SSSR count). The molecule has 0 aromatic carbocycles. The summed E-state index contributed by atoms with van der Waals surface area (Å²) in [6.07, 6.45) is 0.417. The smallest absolute Gasteiger partial charge is 0.326 e. The number of urea groups is 1. The van der Waals surface area contributed by atoms with Gasteiger partial charge in [-0.25, -0.2) is 9.59 Å². The molecule has 106 valence electrons. The van der Waals surface area contributed by atoms with Crippen LogP contribution in [0, 0.1) is 5.92 Å². The van der Waals surface area contributed by atoms with Crippen molar-refractivity contribution in [2.75, 3.05) is 26.8 Å². The van der Waals surface area contributed by atoms with Crippen molar-refractivity contribution in [2.24, 2.45) is 5.92 Å². The number of hydrogen-bond donors (Lipinski definition) is 2. The molecule has 6 nitrogen and oxygen atoms in total. The molecule has 0 heterocycles. The van der Waals surface area contributed by atoms with Crippen LogP contribution in [0.2, 0.25) is 0 Å². The molecule has 18 heavy (non-hydrogen) atoms. The van der Waals surface area contributed by atoms with Crippen molar-refractivity contribution >= 4 is 12.0 Å². The molecule has 2 N–H and O–H groups in total. The van der Waals surface area contributed by atoms with Gasteiger partial charge in [-0.15, -0.1) is 0 Å². The van der Waals surface area contributed by atoms with E-state index in [1.165, 1.54) is 4.90 Å². The summed E-state index contributed by atoms with van der Waals surface area (Å²) in [4.78, 5) is 24.1. The van der Waals surface area contributed by atoms with Gasteiger partial charge in [0.2, 0.25) is 0 Å².